The normalized spacial score (nSPS) is 24.8. The summed E-state index contributed by atoms with van der Waals surface area (Å²) < 4.78 is 12.7. The van der Waals surface area contributed by atoms with Gasteiger partial charge in [-0.15, -0.1) is 0 Å². The molecule has 0 saturated carbocycles. The highest BCUT2D eigenvalue weighted by Crippen LogP contribution is 2.11. The second kappa shape index (κ2) is 6.12. The highest BCUT2D eigenvalue weighted by atomic mass is 19.1. The third kappa shape index (κ3) is 3.79. The van der Waals surface area contributed by atoms with Crippen molar-refractivity contribution in [2.75, 3.05) is 13.1 Å². The lowest BCUT2D eigenvalue weighted by molar-refractivity contribution is 0.313. The number of hydrogen-bond acceptors (Lipinski definition) is 1. The van der Waals surface area contributed by atoms with E-state index in [9.17, 15) is 4.39 Å². The summed E-state index contributed by atoms with van der Waals surface area (Å²) in [6.45, 7) is 4.15. The Bertz CT molecular complexity index is 337. The van der Waals surface area contributed by atoms with Gasteiger partial charge in [-0.3, -0.25) is 0 Å². The van der Waals surface area contributed by atoms with Crippen LogP contribution in [0.15, 0.2) is 24.3 Å². The van der Waals surface area contributed by atoms with E-state index >= 15 is 0 Å². The van der Waals surface area contributed by atoms with Crippen LogP contribution in [-0.4, -0.2) is 25.2 Å². The summed E-state index contributed by atoms with van der Waals surface area (Å²) in [5.41, 5.74) is 1.21. The zero-order valence-electron chi connectivity index (χ0n) is 10.3. The summed E-state index contributed by atoms with van der Waals surface area (Å²) in [4.78, 5) is 0. The van der Waals surface area contributed by atoms with Crippen molar-refractivity contribution in [1.82, 2.24) is 10.6 Å². The van der Waals surface area contributed by atoms with Crippen LogP contribution in [0.4, 0.5) is 4.39 Å². The molecule has 0 spiro atoms. The second-order valence-corrected chi connectivity index (χ2v) is 4.74. The summed E-state index contributed by atoms with van der Waals surface area (Å²) in [7, 11) is 0. The first kappa shape index (κ1) is 12.5. The molecular formula is C14H20FN2. The standard InChI is InChI=1S/C14H20FN2/c1-11-14(17-10-9-16-11)4-2-3-12-5-7-13(15)8-6-12/h5-8,11,14,16H,2-4,9-10H2,1H3. The Morgan fingerprint density at radius 1 is 1.35 bits per heavy atom. The van der Waals surface area contributed by atoms with Crippen LogP contribution in [0.25, 0.3) is 0 Å². The molecule has 0 aromatic heterocycles. The largest absolute Gasteiger partial charge is 0.311 e. The van der Waals surface area contributed by atoms with Crippen molar-refractivity contribution in [3.05, 3.63) is 35.6 Å². The quantitative estimate of drug-likeness (QED) is 0.850. The molecule has 1 saturated heterocycles. The zero-order chi connectivity index (χ0) is 12.1. The number of aryl methyl sites for hydroxylation is 1. The SMILES string of the molecule is CC1NCC[N]C1CCCc1ccc(F)cc1. The fourth-order valence-corrected chi connectivity index (χ4v) is 2.32. The van der Waals surface area contributed by atoms with E-state index in [0.717, 1.165) is 32.4 Å². The predicted molar refractivity (Wildman–Crippen MR) is 67.6 cm³/mol. The summed E-state index contributed by atoms with van der Waals surface area (Å²) >= 11 is 0. The van der Waals surface area contributed by atoms with E-state index in [1.165, 1.54) is 17.7 Å². The summed E-state index contributed by atoms with van der Waals surface area (Å²) in [6.07, 6.45) is 3.25. The second-order valence-electron chi connectivity index (χ2n) is 4.74. The molecule has 2 atom stereocenters. The Morgan fingerprint density at radius 3 is 2.82 bits per heavy atom. The molecule has 2 unspecified atom stereocenters. The zero-order valence-corrected chi connectivity index (χ0v) is 10.3. The number of rotatable bonds is 4. The first-order valence-electron chi connectivity index (χ1n) is 6.40. The van der Waals surface area contributed by atoms with Crippen molar-refractivity contribution in [3.8, 4) is 0 Å². The molecule has 1 heterocycles. The Labute approximate surface area is 103 Å². The molecule has 1 N–H and O–H groups in total. The molecule has 3 heteroatoms. The van der Waals surface area contributed by atoms with Crippen molar-refractivity contribution in [3.63, 3.8) is 0 Å². The number of hydrogen-bond donors (Lipinski definition) is 1. The predicted octanol–water partition coefficient (Wildman–Crippen LogP) is 2.11. The molecule has 1 aromatic rings. The maximum Gasteiger partial charge on any atom is 0.123 e. The fraction of sp³-hybridized carbons (Fsp3) is 0.571. The van der Waals surface area contributed by atoms with E-state index in [4.69, 9.17) is 0 Å². The number of piperazine rings is 1. The first-order valence-corrected chi connectivity index (χ1v) is 6.40. The van der Waals surface area contributed by atoms with Crippen LogP contribution < -0.4 is 10.6 Å². The van der Waals surface area contributed by atoms with Crippen LogP contribution in [0.3, 0.4) is 0 Å². The smallest absolute Gasteiger partial charge is 0.123 e. The monoisotopic (exact) mass is 235 g/mol. The Morgan fingerprint density at radius 2 is 2.12 bits per heavy atom. The molecule has 1 radical (unpaired) electrons. The lowest BCUT2D eigenvalue weighted by Gasteiger charge is -2.29. The lowest BCUT2D eigenvalue weighted by Crippen LogP contribution is -2.50. The van der Waals surface area contributed by atoms with Gasteiger partial charge in [0.15, 0.2) is 0 Å². The van der Waals surface area contributed by atoms with Gasteiger partial charge in [-0.25, -0.2) is 9.71 Å². The minimum Gasteiger partial charge on any atom is -0.311 e. The molecule has 17 heavy (non-hydrogen) atoms. The van der Waals surface area contributed by atoms with Gasteiger partial charge in [0.25, 0.3) is 0 Å². The molecule has 93 valence electrons. The number of benzene rings is 1. The van der Waals surface area contributed by atoms with Crippen molar-refractivity contribution < 1.29 is 4.39 Å². The summed E-state index contributed by atoms with van der Waals surface area (Å²) in [5, 5.41) is 8.08. The van der Waals surface area contributed by atoms with Crippen molar-refractivity contribution in [2.45, 2.75) is 38.3 Å². The van der Waals surface area contributed by atoms with E-state index in [-0.39, 0.29) is 5.82 Å². The fourth-order valence-electron chi connectivity index (χ4n) is 2.32. The molecule has 0 amide bonds. The van der Waals surface area contributed by atoms with Gasteiger partial charge in [0, 0.05) is 25.2 Å². The summed E-state index contributed by atoms with van der Waals surface area (Å²) in [6, 6.07) is 7.75. The van der Waals surface area contributed by atoms with Crippen LogP contribution in [0, 0.1) is 5.82 Å². The van der Waals surface area contributed by atoms with Crippen molar-refractivity contribution in [2.24, 2.45) is 0 Å². The third-order valence-corrected chi connectivity index (χ3v) is 3.40. The maximum absolute atomic E-state index is 12.7. The minimum atomic E-state index is -0.158. The molecule has 2 rings (SSSR count). The average Bonchev–Trinajstić information content (AvgIpc) is 2.34. The van der Waals surface area contributed by atoms with E-state index in [2.05, 4.69) is 17.6 Å². The van der Waals surface area contributed by atoms with Gasteiger partial charge in [-0.2, -0.15) is 0 Å². The van der Waals surface area contributed by atoms with Gasteiger partial charge in [0.1, 0.15) is 5.82 Å². The molecule has 2 nitrogen and oxygen atoms in total. The van der Waals surface area contributed by atoms with Crippen molar-refractivity contribution in [1.29, 1.82) is 0 Å². The topological polar surface area (TPSA) is 26.1 Å². The van der Waals surface area contributed by atoms with Crippen LogP contribution in [0.5, 0.6) is 0 Å². The molecule has 0 bridgehead atoms. The van der Waals surface area contributed by atoms with E-state index in [1.54, 1.807) is 0 Å². The van der Waals surface area contributed by atoms with Gasteiger partial charge in [0.05, 0.1) is 0 Å². The molecule has 1 aliphatic rings. The van der Waals surface area contributed by atoms with E-state index in [1.807, 2.05) is 12.1 Å². The van der Waals surface area contributed by atoms with Gasteiger partial charge < -0.3 is 5.32 Å². The molecular weight excluding hydrogens is 215 g/mol. The van der Waals surface area contributed by atoms with E-state index in [0.29, 0.717) is 12.1 Å². The number of nitrogens with one attached hydrogen (secondary N) is 1. The van der Waals surface area contributed by atoms with Crippen LogP contribution in [0.2, 0.25) is 0 Å². The maximum atomic E-state index is 12.7. The Hall–Kier alpha value is -0.930. The highest BCUT2D eigenvalue weighted by Gasteiger charge is 2.20. The first-order chi connectivity index (χ1) is 8.25. The van der Waals surface area contributed by atoms with Gasteiger partial charge in [0.2, 0.25) is 0 Å². The minimum absolute atomic E-state index is 0.158. The van der Waals surface area contributed by atoms with Crippen LogP contribution >= 0.6 is 0 Å². The lowest BCUT2D eigenvalue weighted by atomic mass is 9.99. The van der Waals surface area contributed by atoms with Gasteiger partial charge >= 0.3 is 0 Å². The van der Waals surface area contributed by atoms with Crippen LogP contribution in [-0.2, 0) is 6.42 Å². The molecule has 1 fully saturated rings. The number of halogens is 1. The van der Waals surface area contributed by atoms with E-state index < -0.39 is 0 Å². The Balaban J connectivity index is 1.73. The molecule has 1 aliphatic heterocycles. The van der Waals surface area contributed by atoms with Gasteiger partial charge in [-0.1, -0.05) is 12.1 Å². The summed E-state index contributed by atoms with van der Waals surface area (Å²) in [5.74, 6) is -0.158. The van der Waals surface area contributed by atoms with Crippen LogP contribution in [0.1, 0.15) is 25.3 Å². The van der Waals surface area contributed by atoms with Gasteiger partial charge in [-0.05, 0) is 43.9 Å². The average molecular weight is 235 g/mol. The van der Waals surface area contributed by atoms with Crippen molar-refractivity contribution >= 4 is 0 Å². The highest BCUT2D eigenvalue weighted by molar-refractivity contribution is 5.16. The third-order valence-electron chi connectivity index (χ3n) is 3.40. The molecule has 1 aromatic carbocycles. The number of nitrogens with zero attached hydrogens (tertiary/aromatic N) is 1. The molecule has 0 aliphatic carbocycles. The Kier molecular flexibility index (Phi) is 4.51.